The molecule has 0 radical (unpaired) electrons. The summed E-state index contributed by atoms with van der Waals surface area (Å²) in [5, 5.41) is 11.6. The number of H-pyrrole nitrogens is 1. The topological polar surface area (TPSA) is 78.5 Å². The fourth-order valence-corrected chi connectivity index (χ4v) is 4.60. The molecule has 2 N–H and O–H groups in total. The van der Waals surface area contributed by atoms with Crippen molar-refractivity contribution in [1.82, 2.24) is 14.9 Å². The lowest BCUT2D eigenvalue weighted by Crippen LogP contribution is -2.44. The van der Waals surface area contributed by atoms with E-state index in [4.69, 9.17) is 4.74 Å². The first-order valence-electron chi connectivity index (χ1n) is 9.09. The quantitative estimate of drug-likeness (QED) is 0.834. The number of aliphatic hydroxyl groups excluding tert-OH is 1. The number of piperidine rings is 1. The Balaban J connectivity index is 1.41. The Morgan fingerprint density at radius 3 is 2.92 bits per heavy atom. The third-order valence-corrected chi connectivity index (χ3v) is 5.95. The minimum absolute atomic E-state index is 0.0784. The van der Waals surface area contributed by atoms with E-state index in [0.717, 1.165) is 31.6 Å². The summed E-state index contributed by atoms with van der Waals surface area (Å²) < 4.78 is 4.85. The van der Waals surface area contributed by atoms with Crippen LogP contribution in [0, 0.1) is 5.92 Å². The van der Waals surface area contributed by atoms with Gasteiger partial charge in [-0.3, -0.25) is 9.69 Å². The number of carbonyl (C=O) groups excluding carboxylic acids is 1. The smallest absolute Gasteiger partial charge is 0.308 e. The number of hydrogen-bond donors (Lipinski definition) is 2. The van der Waals surface area contributed by atoms with E-state index < -0.39 is 6.10 Å². The zero-order chi connectivity index (χ0) is 17.4. The molecule has 2 aromatic heterocycles. The molecule has 3 atom stereocenters. The maximum absolute atomic E-state index is 11.8. The fraction of sp³-hybridized carbons (Fsp3) is 0.579. The molecule has 1 saturated carbocycles. The zero-order valence-electron chi connectivity index (χ0n) is 14.5. The van der Waals surface area contributed by atoms with Crippen LogP contribution >= 0.6 is 0 Å². The van der Waals surface area contributed by atoms with Crippen LogP contribution in [0.15, 0.2) is 24.5 Å². The number of esters is 1. The molecule has 0 amide bonds. The molecule has 1 aliphatic heterocycles. The van der Waals surface area contributed by atoms with Gasteiger partial charge in [0.25, 0.3) is 0 Å². The maximum Gasteiger partial charge on any atom is 0.308 e. The predicted octanol–water partition coefficient (Wildman–Crippen LogP) is 2.05. The molecule has 0 bridgehead atoms. The van der Waals surface area contributed by atoms with Crippen molar-refractivity contribution in [3.05, 3.63) is 30.1 Å². The van der Waals surface area contributed by atoms with E-state index in [9.17, 15) is 9.90 Å². The third kappa shape index (κ3) is 3.04. The van der Waals surface area contributed by atoms with Crippen molar-refractivity contribution in [1.29, 1.82) is 0 Å². The number of likely N-dealkylation sites (tertiary alicyclic amines) is 1. The Morgan fingerprint density at radius 1 is 1.36 bits per heavy atom. The highest BCUT2D eigenvalue weighted by molar-refractivity contribution is 5.80. The van der Waals surface area contributed by atoms with Crippen LogP contribution in [0.4, 0.5) is 0 Å². The molecule has 2 fully saturated rings. The number of carbonyl (C=O) groups is 1. The van der Waals surface area contributed by atoms with E-state index in [2.05, 4.69) is 27.1 Å². The van der Waals surface area contributed by atoms with Crippen LogP contribution in [0.5, 0.6) is 0 Å². The first-order valence-corrected chi connectivity index (χ1v) is 9.09. The molecule has 3 heterocycles. The second kappa shape index (κ2) is 6.77. The van der Waals surface area contributed by atoms with Crippen molar-refractivity contribution in [2.24, 2.45) is 5.92 Å². The summed E-state index contributed by atoms with van der Waals surface area (Å²) in [5.74, 6) is 0.161. The summed E-state index contributed by atoms with van der Waals surface area (Å²) in [5.41, 5.74) is 2.30. The Bertz CT molecular complexity index is 751. The number of hydrogen-bond acceptors (Lipinski definition) is 5. The van der Waals surface area contributed by atoms with Gasteiger partial charge in [-0.2, -0.15) is 0 Å². The van der Waals surface area contributed by atoms with E-state index in [1.54, 1.807) is 0 Å². The number of methoxy groups -OCH3 is 1. The fourth-order valence-electron chi connectivity index (χ4n) is 4.60. The number of pyridine rings is 1. The van der Waals surface area contributed by atoms with Crippen LogP contribution in [0.2, 0.25) is 0 Å². The SMILES string of the molecule is COC(=O)C1CC(O)C(N2CCC(c3c[nH]c4ncccc34)CC2)C1. The average molecular weight is 343 g/mol. The van der Waals surface area contributed by atoms with Gasteiger partial charge in [0.15, 0.2) is 0 Å². The Kier molecular flexibility index (Phi) is 4.48. The largest absolute Gasteiger partial charge is 0.469 e. The summed E-state index contributed by atoms with van der Waals surface area (Å²) >= 11 is 0. The summed E-state index contributed by atoms with van der Waals surface area (Å²) in [4.78, 5) is 21.8. The van der Waals surface area contributed by atoms with Crippen LogP contribution in [-0.4, -0.2) is 58.3 Å². The van der Waals surface area contributed by atoms with Crippen LogP contribution in [-0.2, 0) is 9.53 Å². The van der Waals surface area contributed by atoms with Gasteiger partial charge in [0.2, 0.25) is 0 Å². The van der Waals surface area contributed by atoms with Crippen LogP contribution in [0.3, 0.4) is 0 Å². The van der Waals surface area contributed by atoms with Gasteiger partial charge >= 0.3 is 5.97 Å². The second-order valence-electron chi connectivity index (χ2n) is 7.28. The van der Waals surface area contributed by atoms with Gasteiger partial charge in [-0.25, -0.2) is 4.98 Å². The van der Waals surface area contributed by atoms with Gasteiger partial charge in [0, 0.05) is 23.8 Å². The number of nitrogens with one attached hydrogen (secondary N) is 1. The van der Waals surface area contributed by atoms with Crippen molar-refractivity contribution < 1.29 is 14.6 Å². The van der Waals surface area contributed by atoms with Crippen LogP contribution in [0.25, 0.3) is 11.0 Å². The number of aromatic nitrogens is 2. The predicted molar refractivity (Wildman–Crippen MR) is 94.2 cm³/mol. The Hall–Kier alpha value is -1.92. The molecule has 134 valence electrons. The highest BCUT2D eigenvalue weighted by atomic mass is 16.5. The Morgan fingerprint density at radius 2 is 2.16 bits per heavy atom. The van der Waals surface area contributed by atoms with Gasteiger partial charge < -0.3 is 14.8 Å². The number of aliphatic hydroxyl groups is 1. The lowest BCUT2D eigenvalue weighted by Gasteiger charge is -2.37. The number of rotatable bonds is 3. The Labute approximate surface area is 147 Å². The number of ether oxygens (including phenoxy) is 1. The molecular formula is C19H25N3O3. The highest BCUT2D eigenvalue weighted by Crippen LogP contribution is 2.37. The number of aromatic amines is 1. The molecule has 6 heteroatoms. The van der Waals surface area contributed by atoms with Crippen LogP contribution < -0.4 is 0 Å². The lowest BCUT2D eigenvalue weighted by molar-refractivity contribution is -0.145. The lowest BCUT2D eigenvalue weighted by atomic mass is 9.88. The van der Waals surface area contributed by atoms with E-state index in [-0.39, 0.29) is 17.9 Å². The molecule has 4 rings (SSSR count). The minimum atomic E-state index is -0.432. The van der Waals surface area contributed by atoms with Gasteiger partial charge in [-0.1, -0.05) is 0 Å². The normalized spacial score (nSPS) is 28.5. The molecule has 0 spiro atoms. The molecule has 1 saturated heterocycles. The third-order valence-electron chi connectivity index (χ3n) is 5.95. The summed E-state index contributed by atoms with van der Waals surface area (Å²) in [6.45, 7) is 1.90. The molecule has 2 aromatic rings. The molecule has 3 unspecified atom stereocenters. The van der Waals surface area contributed by atoms with E-state index >= 15 is 0 Å². The first kappa shape index (κ1) is 16.5. The van der Waals surface area contributed by atoms with Crippen LogP contribution in [0.1, 0.15) is 37.2 Å². The van der Waals surface area contributed by atoms with Crippen molar-refractivity contribution in [3.8, 4) is 0 Å². The van der Waals surface area contributed by atoms with Gasteiger partial charge in [0.1, 0.15) is 5.65 Å². The van der Waals surface area contributed by atoms with Crippen molar-refractivity contribution in [2.75, 3.05) is 20.2 Å². The second-order valence-corrected chi connectivity index (χ2v) is 7.28. The zero-order valence-corrected chi connectivity index (χ0v) is 14.5. The minimum Gasteiger partial charge on any atom is -0.469 e. The van der Waals surface area contributed by atoms with E-state index in [0.29, 0.717) is 18.8 Å². The van der Waals surface area contributed by atoms with Crippen molar-refractivity contribution >= 4 is 17.0 Å². The summed E-state index contributed by atoms with van der Waals surface area (Å²) in [6.07, 6.45) is 6.82. The molecule has 6 nitrogen and oxygen atoms in total. The average Bonchev–Trinajstić information content (AvgIpc) is 3.25. The standard InChI is InChI=1S/C19H25N3O3/c1-25-19(24)13-9-16(17(23)10-13)22-7-4-12(5-8-22)15-11-21-18-14(15)3-2-6-20-18/h2-3,6,11-13,16-17,23H,4-5,7-10H2,1H3,(H,20,21). The van der Waals surface area contributed by atoms with Gasteiger partial charge in [-0.15, -0.1) is 0 Å². The molecular weight excluding hydrogens is 318 g/mol. The van der Waals surface area contributed by atoms with Gasteiger partial charge in [-0.05, 0) is 62.4 Å². The first-order chi connectivity index (χ1) is 12.2. The molecule has 0 aromatic carbocycles. The molecule has 2 aliphatic rings. The maximum atomic E-state index is 11.8. The van der Waals surface area contributed by atoms with Crippen molar-refractivity contribution in [2.45, 2.75) is 43.7 Å². The van der Waals surface area contributed by atoms with E-state index in [1.165, 1.54) is 18.1 Å². The summed E-state index contributed by atoms with van der Waals surface area (Å²) in [7, 11) is 1.42. The van der Waals surface area contributed by atoms with Gasteiger partial charge in [0.05, 0.1) is 19.1 Å². The highest BCUT2D eigenvalue weighted by Gasteiger charge is 2.41. The number of fused-ring (bicyclic) bond motifs is 1. The summed E-state index contributed by atoms with van der Waals surface area (Å²) in [6, 6.07) is 4.19. The monoisotopic (exact) mass is 343 g/mol. The number of nitrogens with zero attached hydrogens (tertiary/aromatic N) is 2. The molecule has 25 heavy (non-hydrogen) atoms. The van der Waals surface area contributed by atoms with E-state index in [1.807, 2.05) is 12.3 Å². The van der Waals surface area contributed by atoms with Crippen molar-refractivity contribution in [3.63, 3.8) is 0 Å². The molecule has 1 aliphatic carbocycles.